The molecule has 0 aromatic heterocycles. The molecule has 1 aromatic rings. The molecular weight excluding hydrogens is 406 g/mol. The topological polar surface area (TPSA) is 55.4 Å². The van der Waals surface area contributed by atoms with Gasteiger partial charge >= 0.3 is 5.97 Å². The highest BCUT2D eigenvalue weighted by atomic mass is 79.9. The predicted molar refractivity (Wildman–Crippen MR) is 107 cm³/mol. The summed E-state index contributed by atoms with van der Waals surface area (Å²) in [5.41, 5.74) is 1.12. The third-order valence-electron chi connectivity index (χ3n) is 6.67. The van der Waals surface area contributed by atoms with E-state index in [0.29, 0.717) is 6.42 Å². The summed E-state index contributed by atoms with van der Waals surface area (Å²) in [5.74, 6) is 1.01. The molecule has 0 aliphatic heterocycles. The monoisotopic (exact) mass is 433 g/mol. The lowest BCUT2D eigenvalue weighted by Crippen LogP contribution is -2.53. The zero-order chi connectivity index (χ0) is 19.1. The molecule has 4 bridgehead atoms. The average Bonchev–Trinajstić information content (AvgIpc) is 2.58. The maximum atomic E-state index is 12.5. The first-order chi connectivity index (χ1) is 12.8. The molecule has 4 fully saturated rings. The smallest absolute Gasteiger partial charge is 0.306 e. The Labute approximate surface area is 169 Å². The van der Waals surface area contributed by atoms with Gasteiger partial charge in [-0.2, -0.15) is 0 Å². The Morgan fingerprint density at radius 3 is 2.48 bits per heavy atom. The van der Waals surface area contributed by atoms with Crippen LogP contribution in [0, 0.1) is 17.3 Å². The van der Waals surface area contributed by atoms with Crippen LogP contribution in [-0.2, 0) is 14.3 Å². The van der Waals surface area contributed by atoms with Gasteiger partial charge in [0.15, 0.2) is 6.61 Å². The molecule has 0 saturated heterocycles. The molecule has 0 heterocycles. The van der Waals surface area contributed by atoms with Crippen LogP contribution in [0.4, 0.5) is 0 Å². The van der Waals surface area contributed by atoms with Crippen molar-refractivity contribution in [1.29, 1.82) is 0 Å². The number of carbonyl (C=O) groups excluding carboxylic acids is 2. The van der Waals surface area contributed by atoms with E-state index >= 15 is 0 Å². The SMILES string of the molecule is CC(NC(=O)COC(=O)CC12CC3CC(CC(Br)(C3)C1)C2)c1ccccc1. The van der Waals surface area contributed by atoms with Crippen molar-refractivity contribution in [2.75, 3.05) is 6.61 Å². The molecule has 1 aromatic carbocycles. The van der Waals surface area contributed by atoms with Gasteiger partial charge in [-0.3, -0.25) is 9.59 Å². The molecule has 27 heavy (non-hydrogen) atoms. The summed E-state index contributed by atoms with van der Waals surface area (Å²) < 4.78 is 5.58. The first-order valence-corrected chi connectivity index (χ1v) is 10.8. The second-order valence-electron chi connectivity index (χ2n) is 9.15. The maximum Gasteiger partial charge on any atom is 0.306 e. The Morgan fingerprint density at radius 1 is 1.19 bits per heavy atom. The summed E-state index contributed by atoms with van der Waals surface area (Å²) >= 11 is 3.98. The van der Waals surface area contributed by atoms with Gasteiger partial charge in [0.05, 0.1) is 12.5 Å². The number of hydrogen-bond donors (Lipinski definition) is 1. The van der Waals surface area contributed by atoms with Gasteiger partial charge in [0.2, 0.25) is 0 Å². The van der Waals surface area contributed by atoms with Gasteiger partial charge in [-0.25, -0.2) is 0 Å². The molecule has 1 N–H and O–H groups in total. The van der Waals surface area contributed by atoms with E-state index in [4.69, 9.17) is 4.74 Å². The average molecular weight is 434 g/mol. The number of nitrogens with one attached hydrogen (secondary N) is 1. The van der Waals surface area contributed by atoms with E-state index in [-0.39, 0.29) is 34.3 Å². The Morgan fingerprint density at radius 2 is 1.85 bits per heavy atom. The molecule has 0 radical (unpaired) electrons. The van der Waals surface area contributed by atoms with Gasteiger partial charge in [-0.15, -0.1) is 0 Å². The summed E-state index contributed by atoms with van der Waals surface area (Å²) in [7, 11) is 0. The normalized spacial score (nSPS) is 34.9. The molecular formula is C22H28BrNO3. The molecule has 0 spiro atoms. The number of esters is 1. The van der Waals surface area contributed by atoms with Crippen molar-refractivity contribution < 1.29 is 14.3 Å². The van der Waals surface area contributed by atoms with Crippen LogP contribution >= 0.6 is 15.9 Å². The van der Waals surface area contributed by atoms with Crippen molar-refractivity contribution in [3.8, 4) is 0 Å². The second-order valence-corrected chi connectivity index (χ2v) is 10.8. The van der Waals surface area contributed by atoms with Crippen LogP contribution < -0.4 is 5.32 Å². The predicted octanol–water partition coefficient (Wildman–Crippen LogP) is 4.53. The van der Waals surface area contributed by atoms with E-state index in [1.165, 1.54) is 19.3 Å². The van der Waals surface area contributed by atoms with E-state index < -0.39 is 0 Å². The lowest BCUT2D eigenvalue weighted by Gasteiger charge is -2.60. The van der Waals surface area contributed by atoms with Gasteiger partial charge in [0.25, 0.3) is 5.91 Å². The molecule has 5 rings (SSSR count). The zero-order valence-electron chi connectivity index (χ0n) is 15.9. The van der Waals surface area contributed by atoms with Crippen LogP contribution in [0.2, 0.25) is 0 Å². The summed E-state index contributed by atoms with van der Waals surface area (Å²) in [6.07, 6.45) is 7.63. The molecule has 4 saturated carbocycles. The fourth-order valence-corrected chi connectivity index (χ4v) is 7.66. The highest BCUT2D eigenvalue weighted by molar-refractivity contribution is 9.10. The minimum Gasteiger partial charge on any atom is -0.456 e. The van der Waals surface area contributed by atoms with Crippen LogP contribution in [0.5, 0.6) is 0 Å². The highest BCUT2D eigenvalue weighted by Crippen LogP contribution is 2.65. The van der Waals surface area contributed by atoms with Gasteiger partial charge in [0.1, 0.15) is 0 Å². The summed E-state index contributed by atoms with van der Waals surface area (Å²) in [6.45, 7) is 1.73. The number of hydrogen-bond acceptors (Lipinski definition) is 3. The van der Waals surface area contributed by atoms with Crippen LogP contribution in [-0.4, -0.2) is 22.8 Å². The number of halogens is 1. The maximum absolute atomic E-state index is 12.5. The summed E-state index contributed by atoms with van der Waals surface area (Å²) in [4.78, 5) is 24.6. The summed E-state index contributed by atoms with van der Waals surface area (Å²) in [6, 6.07) is 9.68. The Hall–Kier alpha value is -1.36. The molecule has 3 unspecified atom stereocenters. The van der Waals surface area contributed by atoms with Gasteiger partial charge in [-0.1, -0.05) is 46.3 Å². The lowest BCUT2D eigenvalue weighted by atomic mass is 9.49. The number of ether oxygens (including phenoxy) is 1. The zero-order valence-corrected chi connectivity index (χ0v) is 17.5. The van der Waals surface area contributed by atoms with Gasteiger partial charge < -0.3 is 10.1 Å². The third kappa shape index (κ3) is 4.23. The largest absolute Gasteiger partial charge is 0.456 e. The van der Waals surface area contributed by atoms with Crippen molar-refractivity contribution in [2.45, 2.75) is 62.2 Å². The number of benzene rings is 1. The molecule has 1 amide bonds. The molecule has 146 valence electrons. The fraction of sp³-hybridized carbons (Fsp3) is 0.636. The van der Waals surface area contributed by atoms with Crippen molar-refractivity contribution >= 4 is 27.8 Å². The highest BCUT2D eigenvalue weighted by Gasteiger charge is 2.57. The fourth-order valence-electron chi connectivity index (χ4n) is 6.15. The van der Waals surface area contributed by atoms with Crippen molar-refractivity contribution in [1.82, 2.24) is 5.32 Å². The number of carbonyl (C=O) groups is 2. The van der Waals surface area contributed by atoms with E-state index in [2.05, 4.69) is 21.2 Å². The minimum atomic E-state index is -0.248. The first-order valence-electron chi connectivity index (χ1n) is 10.0. The number of amides is 1. The number of rotatable bonds is 6. The standard InChI is InChI=1S/C22H28BrNO3/c1-15(18-5-3-2-4-6-18)24-19(25)13-27-20(26)12-21-8-16-7-17(9-21)11-22(23,10-16)14-21/h2-6,15-17H,7-14H2,1H3,(H,24,25). The molecule has 4 aliphatic carbocycles. The van der Waals surface area contributed by atoms with Crippen LogP contribution in [0.15, 0.2) is 30.3 Å². The van der Waals surface area contributed by atoms with Crippen molar-refractivity contribution in [2.24, 2.45) is 17.3 Å². The third-order valence-corrected chi connectivity index (χ3v) is 7.60. The van der Waals surface area contributed by atoms with Crippen LogP contribution in [0.3, 0.4) is 0 Å². The molecule has 4 aliphatic rings. The minimum absolute atomic E-state index is 0.0818. The van der Waals surface area contributed by atoms with Crippen LogP contribution in [0.1, 0.15) is 63.5 Å². The molecule has 4 nitrogen and oxygen atoms in total. The van der Waals surface area contributed by atoms with E-state index in [1.807, 2.05) is 37.3 Å². The lowest BCUT2D eigenvalue weighted by molar-refractivity contribution is -0.154. The van der Waals surface area contributed by atoms with Crippen molar-refractivity contribution in [3.05, 3.63) is 35.9 Å². The van der Waals surface area contributed by atoms with E-state index in [0.717, 1.165) is 36.7 Å². The van der Waals surface area contributed by atoms with E-state index in [1.54, 1.807) is 0 Å². The second kappa shape index (κ2) is 7.23. The summed E-state index contributed by atoms with van der Waals surface area (Å²) in [5, 5.41) is 2.89. The van der Waals surface area contributed by atoms with E-state index in [9.17, 15) is 9.59 Å². The molecule has 3 atom stereocenters. The first kappa shape index (κ1) is 19.0. The Bertz CT molecular complexity index is 706. The Balaban J connectivity index is 1.27. The van der Waals surface area contributed by atoms with Crippen LogP contribution in [0.25, 0.3) is 0 Å². The van der Waals surface area contributed by atoms with Gasteiger partial charge in [-0.05, 0) is 68.3 Å². The quantitative estimate of drug-likeness (QED) is 0.529. The number of alkyl halides is 1. The van der Waals surface area contributed by atoms with Gasteiger partial charge in [0, 0.05) is 4.32 Å². The Kier molecular flexibility index (Phi) is 5.08. The van der Waals surface area contributed by atoms with Crippen molar-refractivity contribution in [3.63, 3.8) is 0 Å². The molecule has 5 heteroatoms.